The van der Waals surface area contributed by atoms with E-state index in [-0.39, 0.29) is 64.6 Å². The van der Waals surface area contributed by atoms with Crippen LogP contribution in [0.5, 0.6) is 0 Å². The molecule has 1 N–H and O–H groups in total. The Balaban J connectivity index is 0.000000158. The van der Waals surface area contributed by atoms with Crippen molar-refractivity contribution in [3.05, 3.63) is 186 Å². The van der Waals surface area contributed by atoms with E-state index in [0.717, 1.165) is 18.0 Å². The summed E-state index contributed by atoms with van der Waals surface area (Å²) in [6, 6.07) is 29.3. The van der Waals surface area contributed by atoms with Crippen LogP contribution in [0.1, 0.15) is 42.8 Å². The summed E-state index contributed by atoms with van der Waals surface area (Å²) < 4.78 is 176. The molecule has 0 radical (unpaired) electrons. The summed E-state index contributed by atoms with van der Waals surface area (Å²) in [5.74, 6) is -0.0596. The first-order chi connectivity index (χ1) is 45.6. The van der Waals surface area contributed by atoms with Crippen molar-refractivity contribution in [1.82, 2.24) is 61.0 Å². The number of aromatic nitrogens is 13. The average Bonchev–Trinajstić information content (AvgIpc) is 1.62. The summed E-state index contributed by atoms with van der Waals surface area (Å²) in [7, 11) is -6.35. The van der Waals surface area contributed by atoms with Gasteiger partial charge in [-0.05, 0) is 111 Å². The Kier molecular flexibility index (Phi) is 21.0. The number of halogens is 12. The summed E-state index contributed by atoms with van der Waals surface area (Å²) in [6.45, 7) is -2.91. The predicted molar refractivity (Wildman–Crippen MR) is 351 cm³/mol. The number of fused-ring (bicyclic) bond motifs is 6. The van der Waals surface area contributed by atoms with Crippen molar-refractivity contribution in [1.29, 1.82) is 0 Å². The molecular weight excluding hydrogens is 1400 g/mol. The van der Waals surface area contributed by atoms with E-state index in [9.17, 15) is 70.7 Å². The molecule has 21 nitrogen and oxygen atoms in total. The quantitative estimate of drug-likeness (QED) is 0.0402. The van der Waals surface area contributed by atoms with Gasteiger partial charge in [-0.1, -0.05) is 59.1 Å². The van der Waals surface area contributed by atoms with E-state index < -0.39 is 74.9 Å². The number of hydrogen-bond acceptors (Lipinski definition) is 12. The minimum Gasteiger partial charge on any atom is -0.396 e. The van der Waals surface area contributed by atoms with Gasteiger partial charge in [0.15, 0.2) is 0 Å². The second-order valence-electron chi connectivity index (χ2n) is 22.9. The minimum absolute atomic E-state index is 0.0168. The fraction of sp³-hybridized carbons (Fsp3) is 0.339. The monoisotopic (exact) mass is 1450 g/mol. The number of para-hydroxylation sites is 4. The number of hydrogen-bond donors (Lipinski definition) is 1. The molecule has 2 aromatic carbocycles. The van der Waals surface area contributed by atoms with Crippen molar-refractivity contribution < 1.29 is 61.5 Å². The maximum atomic E-state index is 13.1. The Morgan fingerprint density at radius 2 is 0.711 bits per heavy atom. The number of pyridine rings is 4. The highest BCUT2D eigenvalue weighted by Crippen LogP contribution is 2.30. The molecule has 35 heteroatoms. The molecule has 0 aliphatic heterocycles. The zero-order chi connectivity index (χ0) is 70.1. The number of sulfone groups is 2. The predicted octanol–water partition coefficient (Wildman–Crippen LogP) is 11.3. The summed E-state index contributed by atoms with van der Waals surface area (Å²) in [6.07, 6.45) is -6.68. The van der Waals surface area contributed by atoms with Crippen LogP contribution in [0, 0.1) is 0 Å². The highest BCUT2D eigenvalue weighted by molar-refractivity contribution is 7.90. The van der Waals surface area contributed by atoms with Crippen LogP contribution in [0.4, 0.5) is 39.5 Å². The van der Waals surface area contributed by atoms with E-state index in [1.165, 1.54) is 44.3 Å². The van der Waals surface area contributed by atoms with Gasteiger partial charge in [0.2, 0.25) is 0 Å². The van der Waals surface area contributed by atoms with Crippen LogP contribution in [0.15, 0.2) is 136 Å². The van der Waals surface area contributed by atoms with Gasteiger partial charge in [0.05, 0.1) is 104 Å². The Bertz CT molecular complexity index is 5110. The third-order valence-electron chi connectivity index (χ3n) is 15.7. The van der Waals surface area contributed by atoms with E-state index in [4.69, 9.17) is 39.9 Å². The number of rotatable bonds is 21. The second kappa shape index (κ2) is 28.6. The van der Waals surface area contributed by atoms with E-state index in [2.05, 4.69) is 19.9 Å². The van der Waals surface area contributed by atoms with Crippen molar-refractivity contribution >= 4 is 121 Å². The molecule has 0 fully saturated rings. The Morgan fingerprint density at radius 3 is 1.03 bits per heavy atom. The van der Waals surface area contributed by atoms with Gasteiger partial charge >= 0.3 is 35.6 Å². The van der Waals surface area contributed by atoms with Crippen molar-refractivity contribution in [2.75, 3.05) is 30.6 Å². The Hall–Kier alpha value is -8.43. The summed E-state index contributed by atoms with van der Waals surface area (Å²) in [5.41, 5.74) is 5.03. The molecule has 0 atom stereocenters. The maximum absolute atomic E-state index is 13.1. The lowest BCUT2D eigenvalue weighted by molar-refractivity contribution is -0.141. The number of alkyl halides is 9. The van der Waals surface area contributed by atoms with Crippen LogP contribution in [-0.2, 0) is 78.6 Å². The van der Waals surface area contributed by atoms with Gasteiger partial charge in [0.1, 0.15) is 54.8 Å². The fourth-order valence-corrected chi connectivity index (χ4v) is 13.5. The minimum atomic E-state index is -4.56. The maximum Gasteiger partial charge on any atom is 0.406 e. The van der Waals surface area contributed by atoms with Gasteiger partial charge in [0, 0.05) is 62.0 Å². The molecule has 0 spiro atoms. The van der Waals surface area contributed by atoms with Crippen molar-refractivity contribution in [3.63, 3.8) is 0 Å². The number of aryl methyl sites for hydroxylation is 3. The van der Waals surface area contributed by atoms with Gasteiger partial charge in [-0.3, -0.25) is 32.4 Å². The summed E-state index contributed by atoms with van der Waals surface area (Å²) >= 11 is 18.0. The van der Waals surface area contributed by atoms with Crippen molar-refractivity contribution in [2.24, 2.45) is 0 Å². The first-order valence-corrected chi connectivity index (χ1v) is 34.9. The molecule has 0 unspecified atom stereocenters. The first kappa shape index (κ1) is 71.3. The normalized spacial score (nSPS) is 12.6. The van der Waals surface area contributed by atoms with Crippen molar-refractivity contribution in [2.45, 2.75) is 103 Å². The molecule has 97 heavy (non-hydrogen) atoms. The molecule has 10 heterocycles. The molecule has 0 saturated carbocycles. The number of aliphatic hydroxyl groups excluding tert-OH is 1. The smallest absolute Gasteiger partial charge is 0.396 e. The SMILES string of the molecule is CS(=O)(=O)CCCn1c(Cn2c(=O)n(CC(F)(F)F)c3ccccc32)cc2nc(Cl)ccc21.CS(=O)(=O)CCCn1c(Cn2c(=O)n(CC(F)(F)F)c3ccccc32)cc2nc(Cl)ccc21.O=c1n(Cc2cc3nc(Cl)ccc3n2CCCCO)c2cnccc2n1CC(F)(F)F. The molecule has 0 bridgehead atoms. The summed E-state index contributed by atoms with van der Waals surface area (Å²) in [4.78, 5) is 55.8. The molecule has 0 aliphatic carbocycles. The van der Waals surface area contributed by atoms with Crippen LogP contribution < -0.4 is 17.1 Å². The second-order valence-corrected chi connectivity index (χ2v) is 28.6. The zero-order valence-electron chi connectivity index (χ0n) is 51.3. The number of imidazole rings is 3. The van der Waals surface area contributed by atoms with Crippen LogP contribution >= 0.6 is 34.8 Å². The molecule has 12 rings (SSSR count). The average molecular weight is 1460 g/mol. The number of benzene rings is 2. The number of nitrogens with zero attached hydrogens (tertiary/aromatic N) is 13. The molecule has 0 amide bonds. The van der Waals surface area contributed by atoms with Crippen LogP contribution in [0.25, 0.3) is 66.2 Å². The molecule has 0 saturated heterocycles. The third kappa shape index (κ3) is 17.1. The van der Waals surface area contributed by atoms with E-state index in [0.29, 0.717) is 125 Å². The molecule has 10 aromatic heterocycles. The van der Waals surface area contributed by atoms with Gasteiger partial charge in [-0.15, -0.1) is 0 Å². The van der Waals surface area contributed by atoms with Crippen molar-refractivity contribution in [3.8, 4) is 0 Å². The van der Waals surface area contributed by atoms with Crippen LogP contribution in [0.2, 0.25) is 15.5 Å². The molecule has 516 valence electrons. The molecule has 12 aromatic rings. The number of unbranched alkanes of at least 4 members (excludes halogenated alkanes) is 1. The Labute approximate surface area is 559 Å². The van der Waals surface area contributed by atoms with Gasteiger partial charge < -0.3 is 18.8 Å². The lowest BCUT2D eigenvalue weighted by atomic mass is 10.3. The fourth-order valence-electron chi connectivity index (χ4n) is 11.7. The number of aliphatic hydroxyl groups is 1. The summed E-state index contributed by atoms with van der Waals surface area (Å²) in [5, 5.41) is 9.96. The van der Waals surface area contributed by atoms with Gasteiger partial charge in [-0.25, -0.2) is 46.2 Å². The van der Waals surface area contributed by atoms with E-state index in [1.54, 1.807) is 84.9 Å². The van der Waals surface area contributed by atoms with Gasteiger partial charge in [0.25, 0.3) is 0 Å². The highest BCUT2D eigenvalue weighted by atomic mass is 35.5. The lowest BCUT2D eigenvalue weighted by Gasteiger charge is -2.11. The molecular formula is C62H59Cl3F9N13O8S2. The van der Waals surface area contributed by atoms with Crippen LogP contribution in [-0.4, -0.2) is 132 Å². The third-order valence-corrected chi connectivity index (χ3v) is 18.3. The van der Waals surface area contributed by atoms with E-state index in [1.807, 2.05) is 19.8 Å². The van der Waals surface area contributed by atoms with Gasteiger partial charge in [-0.2, -0.15) is 39.5 Å². The van der Waals surface area contributed by atoms with Crippen LogP contribution in [0.3, 0.4) is 0 Å². The highest BCUT2D eigenvalue weighted by Gasteiger charge is 2.34. The standard InChI is InChI=1S/2C21H20ClF3N4O3S.C20H19ClF3N5O2/c2*1-33(31,32)10-4-9-27-14(11-15-16(27)7-8-19(22)26-15)12-28-17-5-2-3-6-18(17)29(20(28)30)13-21(23,24)25;21-18-4-3-15-14(26-18)9-13(27(15)7-1-2-8-30)11-28-17-10-25-6-5-16(17)29(19(28)31)12-20(22,23)24/h2*2-3,5-8,11H,4,9-10,12-13H2,1H3;3-6,9-10,30H,1-2,7-8,11-12H2. The zero-order valence-corrected chi connectivity index (χ0v) is 55.2. The molecule has 0 aliphatic rings. The topological polar surface area (TPSA) is 236 Å². The lowest BCUT2D eigenvalue weighted by Crippen LogP contribution is -2.30. The largest absolute Gasteiger partial charge is 0.406 e. The first-order valence-electron chi connectivity index (χ1n) is 29.6. The Morgan fingerprint density at radius 1 is 0.402 bits per heavy atom. The van der Waals surface area contributed by atoms with E-state index >= 15 is 0 Å².